The van der Waals surface area contributed by atoms with Crippen molar-refractivity contribution >= 4 is 11.8 Å². The molecule has 0 saturated carbocycles. The van der Waals surface area contributed by atoms with Gasteiger partial charge in [-0.25, -0.2) is 15.8 Å². The van der Waals surface area contributed by atoms with Crippen LogP contribution in [0.3, 0.4) is 0 Å². The number of nitrogens with one attached hydrogen (secondary N) is 5. The van der Waals surface area contributed by atoms with Crippen molar-refractivity contribution in [2.24, 2.45) is 0 Å². The lowest BCUT2D eigenvalue weighted by atomic mass is 10.7. The summed E-state index contributed by atoms with van der Waals surface area (Å²) >= 11 is 1.70. The van der Waals surface area contributed by atoms with Crippen LogP contribution in [-0.4, -0.2) is 15.5 Å². The summed E-state index contributed by atoms with van der Waals surface area (Å²) in [5, 5.41) is 0. The zero-order valence-electron chi connectivity index (χ0n) is 6.29. The summed E-state index contributed by atoms with van der Waals surface area (Å²) in [7, 11) is 0. The largest absolute Gasteiger partial charge is 0.348 e. The molecule has 1 fully saturated rings. The molecule has 1 aliphatic heterocycles. The Balaban J connectivity index is 1.74. The van der Waals surface area contributed by atoms with Crippen molar-refractivity contribution in [1.29, 1.82) is 0 Å². The van der Waals surface area contributed by atoms with Gasteiger partial charge in [0.1, 0.15) is 11.3 Å². The molecule has 66 valence electrons. The van der Waals surface area contributed by atoms with E-state index in [0.717, 1.165) is 11.6 Å². The lowest BCUT2D eigenvalue weighted by Gasteiger charge is -2.05. The molecule has 6 nitrogen and oxygen atoms in total. The molecule has 7 heteroatoms. The maximum Gasteiger partial charge on any atom is 0.133 e. The molecule has 2 heterocycles. The molecule has 0 spiro atoms. The molecule has 0 aliphatic carbocycles. The van der Waals surface area contributed by atoms with Gasteiger partial charge in [0.2, 0.25) is 0 Å². The molecule has 12 heavy (non-hydrogen) atoms. The smallest absolute Gasteiger partial charge is 0.133 e. The lowest BCUT2D eigenvalue weighted by Crippen LogP contribution is -2.33. The molecule has 0 atom stereocenters. The van der Waals surface area contributed by atoms with Gasteiger partial charge in [-0.2, -0.15) is 11.1 Å². The number of hydrogen-bond acceptors (Lipinski definition) is 6. The molecule has 1 aliphatic rings. The Bertz CT molecular complexity index is 218. The summed E-state index contributed by atoms with van der Waals surface area (Å²) in [4.78, 5) is 7.14. The van der Waals surface area contributed by atoms with E-state index in [0.29, 0.717) is 0 Å². The highest BCUT2D eigenvalue weighted by Crippen LogP contribution is 2.10. The van der Waals surface area contributed by atoms with Crippen LogP contribution in [0.1, 0.15) is 5.82 Å². The van der Waals surface area contributed by atoms with E-state index < -0.39 is 0 Å². The van der Waals surface area contributed by atoms with Crippen LogP contribution in [0.2, 0.25) is 0 Å². The van der Waals surface area contributed by atoms with Gasteiger partial charge in [-0.1, -0.05) is 0 Å². The zero-order valence-corrected chi connectivity index (χ0v) is 7.11. The Hall–Kier alpha value is -0.600. The summed E-state index contributed by atoms with van der Waals surface area (Å²) in [6.07, 6.45) is 3.57. The summed E-state index contributed by atoms with van der Waals surface area (Å²) < 4.78 is 0. The van der Waals surface area contributed by atoms with E-state index in [4.69, 9.17) is 0 Å². The summed E-state index contributed by atoms with van der Waals surface area (Å²) in [5.74, 6) is 1.83. The molecule has 2 rings (SSSR count). The molecule has 1 saturated heterocycles. The molecule has 0 unspecified atom stereocenters. The van der Waals surface area contributed by atoms with E-state index >= 15 is 0 Å². The number of aromatic amines is 1. The minimum absolute atomic E-state index is 0.176. The van der Waals surface area contributed by atoms with Gasteiger partial charge < -0.3 is 4.98 Å². The van der Waals surface area contributed by atoms with Crippen molar-refractivity contribution in [2.75, 3.05) is 0 Å². The Morgan fingerprint density at radius 3 is 2.92 bits per heavy atom. The van der Waals surface area contributed by atoms with E-state index in [-0.39, 0.29) is 5.50 Å². The molecule has 0 bridgehead atoms. The van der Waals surface area contributed by atoms with Gasteiger partial charge in [0, 0.05) is 12.4 Å². The predicted molar refractivity (Wildman–Crippen MR) is 46.2 cm³/mol. The van der Waals surface area contributed by atoms with Crippen molar-refractivity contribution < 1.29 is 0 Å². The van der Waals surface area contributed by atoms with Crippen molar-refractivity contribution in [2.45, 2.75) is 11.3 Å². The second-order valence-corrected chi connectivity index (χ2v) is 3.36. The normalized spacial score (nSPS) is 18.7. The van der Waals surface area contributed by atoms with Crippen molar-refractivity contribution in [3.63, 3.8) is 0 Å². The quantitative estimate of drug-likeness (QED) is 0.419. The Morgan fingerprint density at radius 2 is 2.25 bits per heavy atom. The van der Waals surface area contributed by atoms with Crippen LogP contribution < -0.4 is 21.9 Å². The number of nitrogens with zero attached hydrogens (tertiary/aromatic N) is 1. The first-order valence-corrected chi connectivity index (χ1v) is 4.61. The van der Waals surface area contributed by atoms with Crippen molar-refractivity contribution in [3.8, 4) is 0 Å². The third-order valence-electron chi connectivity index (χ3n) is 1.41. The van der Waals surface area contributed by atoms with Crippen LogP contribution in [0.25, 0.3) is 0 Å². The van der Waals surface area contributed by atoms with Gasteiger partial charge in [0.15, 0.2) is 0 Å². The molecule has 5 N–H and O–H groups in total. The molecule has 0 amide bonds. The van der Waals surface area contributed by atoms with Crippen LogP contribution in [0.5, 0.6) is 0 Å². The van der Waals surface area contributed by atoms with E-state index in [1.807, 2.05) is 6.20 Å². The Kier molecular flexibility index (Phi) is 2.59. The van der Waals surface area contributed by atoms with Crippen LogP contribution >= 0.6 is 11.8 Å². The number of rotatable bonds is 3. The van der Waals surface area contributed by atoms with Gasteiger partial charge in [0.25, 0.3) is 0 Å². The number of aromatic nitrogens is 2. The van der Waals surface area contributed by atoms with E-state index in [1.54, 1.807) is 18.0 Å². The van der Waals surface area contributed by atoms with Crippen LogP contribution in [0.4, 0.5) is 0 Å². The first kappa shape index (κ1) is 8.02. The van der Waals surface area contributed by atoms with E-state index in [9.17, 15) is 0 Å². The van der Waals surface area contributed by atoms with Crippen molar-refractivity contribution in [3.05, 3.63) is 18.2 Å². The number of thioether (sulfide) groups is 1. The SMILES string of the molecule is c1c[nH]c(CSC2NNNN2)n1. The molecule has 1 aromatic rings. The Labute approximate surface area is 73.8 Å². The fourth-order valence-electron chi connectivity index (χ4n) is 0.862. The summed E-state index contributed by atoms with van der Waals surface area (Å²) in [6, 6.07) is 0. The van der Waals surface area contributed by atoms with Crippen LogP contribution in [-0.2, 0) is 5.75 Å². The number of imidazole rings is 1. The van der Waals surface area contributed by atoms with E-state index in [2.05, 4.69) is 31.9 Å². The van der Waals surface area contributed by atoms with Gasteiger partial charge in [0.05, 0.1) is 5.75 Å². The highest BCUT2D eigenvalue weighted by molar-refractivity contribution is 7.99. The Morgan fingerprint density at radius 1 is 1.42 bits per heavy atom. The minimum atomic E-state index is 0.176. The molecule has 1 aromatic heterocycles. The second-order valence-electron chi connectivity index (χ2n) is 2.27. The monoisotopic (exact) mass is 186 g/mol. The highest BCUT2D eigenvalue weighted by atomic mass is 32.2. The zero-order chi connectivity index (χ0) is 8.23. The number of hydrazine groups is 3. The summed E-state index contributed by atoms with van der Waals surface area (Å²) in [6.45, 7) is 0. The maximum absolute atomic E-state index is 4.10. The predicted octanol–water partition coefficient (Wildman–Crippen LogP) is -0.956. The number of hydrogen-bond donors (Lipinski definition) is 5. The number of H-pyrrole nitrogens is 1. The lowest BCUT2D eigenvalue weighted by molar-refractivity contribution is 0.556. The first-order valence-electron chi connectivity index (χ1n) is 3.56. The first-order chi connectivity index (χ1) is 5.95. The topological polar surface area (TPSA) is 76.8 Å². The standard InChI is InChI=1S/C5H10N6S/c1-2-7-4(6-1)3-12-5-8-10-11-9-5/h1-2,5,8-11H,3H2,(H,6,7). The highest BCUT2D eigenvalue weighted by Gasteiger charge is 2.12. The van der Waals surface area contributed by atoms with Crippen LogP contribution in [0.15, 0.2) is 12.4 Å². The van der Waals surface area contributed by atoms with Gasteiger partial charge in [-0.3, -0.25) is 0 Å². The molecular formula is C5H10N6S. The van der Waals surface area contributed by atoms with Crippen molar-refractivity contribution in [1.82, 2.24) is 31.9 Å². The molecule has 0 radical (unpaired) electrons. The second kappa shape index (κ2) is 3.87. The average molecular weight is 186 g/mol. The van der Waals surface area contributed by atoms with Gasteiger partial charge in [-0.05, 0) is 0 Å². The van der Waals surface area contributed by atoms with Crippen LogP contribution in [0, 0.1) is 0 Å². The fourth-order valence-corrected chi connectivity index (χ4v) is 1.63. The molecular weight excluding hydrogens is 176 g/mol. The van der Waals surface area contributed by atoms with Gasteiger partial charge in [-0.15, -0.1) is 11.8 Å². The maximum atomic E-state index is 4.10. The van der Waals surface area contributed by atoms with Gasteiger partial charge >= 0.3 is 0 Å². The summed E-state index contributed by atoms with van der Waals surface area (Å²) in [5.41, 5.74) is 11.6. The average Bonchev–Trinajstić information content (AvgIpc) is 2.74. The fraction of sp³-hybridized carbons (Fsp3) is 0.400. The third-order valence-corrected chi connectivity index (χ3v) is 2.42. The minimum Gasteiger partial charge on any atom is -0.348 e. The molecule has 0 aromatic carbocycles. The third kappa shape index (κ3) is 1.96. The van der Waals surface area contributed by atoms with E-state index in [1.165, 1.54) is 0 Å².